The van der Waals surface area contributed by atoms with E-state index in [0.29, 0.717) is 12.1 Å². The summed E-state index contributed by atoms with van der Waals surface area (Å²) in [6.45, 7) is 2.71. The number of carbonyl (C=O) groups excluding carboxylic acids is 1. The smallest absolute Gasteiger partial charge is 0.493 e. The molecule has 0 spiro atoms. The van der Waals surface area contributed by atoms with Crippen molar-refractivity contribution in [2.24, 2.45) is 0 Å². The molecule has 28 heavy (non-hydrogen) atoms. The molecule has 0 bridgehead atoms. The zero-order valence-electron chi connectivity index (χ0n) is 15.4. The van der Waals surface area contributed by atoms with Crippen LogP contribution in [0.15, 0.2) is 30.3 Å². The van der Waals surface area contributed by atoms with E-state index in [1.54, 1.807) is 6.92 Å². The van der Waals surface area contributed by atoms with Crippen LogP contribution in [0.4, 0.5) is 22.4 Å². The Kier molecular flexibility index (Phi) is 6.71. The number of aryl methyl sites for hydroxylation is 1. The maximum absolute atomic E-state index is 13.8. The molecule has 0 fully saturated rings. The lowest BCUT2D eigenvalue weighted by Crippen LogP contribution is -2.13. The standard InChI is InChI=1S/C19H18F4O5/c1-4-26-15-6-5-7-16(28-18(24)25-3)12(15)10-27-17-9-14(20)11(2)8-13(17)19(21,22)23/h5-9H,4,10H2,1-3H3. The summed E-state index contributed by atoms with van der Waals surface area (Å²) < 4.78 is 73.7. The third-order valence-corrected chi connectivity index (χ3v) is 3.69. The Hall–Kier alpha value is -2.97. The highest BCUT2D eigenvalue weighted by Gasteiger charge is 2.35. The zero-order valence-corrected chi connectivity index (χ0v) is 15.4. The van der Waals surface area contributed by atoms with Crippen molar-refractivity contribution in [3.8, 4) is 17.2 Å². The van der Waals surface area contributed by atoms with Crippen LogP contribution in [0.2, 0.25) is 0 Å². The second-order valence-corrected chi connectivity index (χ2v) is 5.61. The molecule has 0 aliphatic carbocycles. The van der Waals surface area contributed by atoms with Gasteiger partial charge in [-0.2, -0.15) is 13.2 Å². The molecule has 2 aromatic carbocycles. The second kappa shape index (κ2) is 8.81. The van der Waals surface area contributed by atoms with Crippen LogP contribution in [-0.2, 0) is 17.5 Å². The van der Waals surface area contributed by atoms with E-state index < -0.39 is 36.1 Å². The number of halogens is 4. The van der Waals surface area contributed by atoms with Crippen molar-refractivity contribution >= 4 is 6.16 Å². The van der Waals surface area contributed by atoms with E-state index in [1.807, 2.05) is 0 Å². The van der Waals surface area contributed by atoms with E-state index in [2.05, 4.69) is 4.74 Å². The van der Waals surface area contributed by atoms with Crippen molar-refractivity contribution in [2.75, 3.05) is 13.7 Å². The molecule has 9 heteroatoms. The first-order chi connectivity index (χ1) is 13.2. The first kappa shape index (κ1) is 21.3. The van der Waals surface area contributed by atoms with Gasteiger partial charge in [-0.1, -0.05) is 6.07 Å². The molecular formula is C19H18F4O5. The van der Waals surface area contributed by atoms with Gasteiger partial charge in [-0.05, 0) is 37.6 Å². The summed E-state index contributed by atoms with van der Waals surface area (Å²) in [5.74, 6) is -1.30. The summed E-state index contributed by atoms with van der Waals surface area (Å²) in [4.78, 5) is 11.4. The first-order valence-electron chi connectivity index (χ1n) is 8.18. The number of carbonyl (C=O) groups is 1. The van der Waals surface area contributed by atoms with Crippen molar-refractivity contribution < 1.29 is 41.3 Å². The normalized spacial score (nSPS) is 11.1. The Morgan fingerprint density at radius 2 is 1.75 bits per heavy atom. The van der Waals surface area contributed by atoms with Crippen molar-refractivity contribution in [3.05, 3.63) is 52.8 Å². The number of hydrogen-bond donors (Lipinski definition) is 0. The lowest BCUT2D eigenvalue weighted by molar-refractivity contribution is -0.139. The average Bonchev–Trinajstić information content (AvgIpc) is 2.62. The fourth-order valence-corrected chi connectivity index (χ4v) is 2.36. The predicted molar refractivity (Wildman–Crippen MR) is 91.1 cm³/mol. The maximum Gasteiger partial charge on any atom is 0.513 e. The van der Waals surface area contributed by atoms with E-state index in [9.17, 15) is 22.4 Å². The Labute approximate surface area is 158 Å². The van der Waals surface area contributed by atoms with Gasteiger partial charge >= 0.3 is 12.3 Å². The quantitative estimate of drug-likeness (QED) is 0.374. The molecule has 0 heterocycles. The molecule has 0 aliphatic rings. The van der Waals surface area contributed by atoms with Crippen molar-refractivity contribution in [1.82, 2.24) is 0 Å². The topological polar surface area (TPSA) is 54.0 Å². The van der Waals surface area contributed by atoms with Gasteiger partial charge in [0.25, 0.3) is 0 Å². The average molecular weight is 402 g/mol. The number of hydrogen-bond acceptors (Lipinski definition) is 5. The highest BCUT2D eigenvalue weighted by atomic mass is 19.4. The summed E-state index contributed by atoms with van der Waals surface area (Å²) in [6, 6.07) is 5.80. The van der Waals surface area contributed by atoms with Crippen molar-refractivity contribution in [1.29, 1.82) is 0 Å². The van der Waals surface area contributed by atoms with Crippen LogP contribution in [0.1, 0.15) is 23.6 Å². The van der Waals surface area contributed by atoms with Crippen LogP contribution < -0.4 is 14.2 Å². The van der Waals surface area contributed by atoms with Crippen molar-refractivity contribution in [2.45, 2.75) is 26.6 Å². The molecular weight excluding hydrogens is 384 g/mol. The molecule has 0 N–H and O–H groups in total. The largest absolute Gasteiger partial charge is 0.513 e. The van der Waals surface area contributed by atoms with Gasteiger partial charge in [0.1, 0.15) is 29.7 Å². The summed E-state index contributed by atoms with van der Waals surface area (Å²) in [7, 11) is 1.11. The molecule has 2 aromatic rings. The lowest BCUT2D eigenvalue weighted by Gasteiger charge is -2.18. The predicted octanol–water partition coefficient (Wildman–Crippen LogP) is 5.28. The van der Waals surface area contributed by atoms with Crippen molar-refractivity contribution in [3.63, 3.8) is 0 Å². The highest BCUT2D eigenvalue weighted by Crippen LogP contribution is 2.39. The zero-order chi connectivity index (χ0) is 20.9. The number of rotatable bonds is 6. The summed E-state index contributed by atoms with van der Waals surface area (Å²) in [5, 5.41) is 0. The van der Waals surface area contributed by atoms with Gasteiger partial charge in [0.2, 0.25) is 0 Å². The minimum Gasteiger partial charge on any atom is -0.493 e. The minimum atomic E-state index is -4.74. The Balaban J connectivity index is 2.41. The lowest BCUT2D eigenvalue weighted by atomic mass is 10.1. The number of methoxy groups -OCH3 is 1. The monoisotopic (exact) mass is 402 g/mol. The van der Waals surface area contributed by atoms with Crippen LogP contribution >= 0.6 is 0 Å². The fourth-order valence-electron chi connectivity index (χ4n) is 2.36. The molecule has 0 aromatic heterocycles. The summed E-state index contributed by atoms with van der Waals surface area (Å²) in [5.41, 5.74) is -1.11. The molecule has 0 amide bonds. The van der Waals surface area contributed by atoms with Gasteiger partial charge in [0.05, 0.1) is 24.8 Å². The Bertz CT molecular complexity index is 849. The molecule has 0 saturated heterocycles. The summed E-state index contributed by atoms with van der Waals surface area (Å²) in [6.07, 6.45) is -5.76. The van der Waals surface area contributed by atoms with E-state index in [0.717, 1.165) is 7.11 Å². The van der Waals surface area contributed by atoms with Gasteiger partial charge in [0, 0.05) is 6.07 Å². The molecule has 5 nitrogen and oxygen atoms in total. The van der Waals surface area contributed by atoms with Gasteiger partial charge in [0.15, 0.2) is 0 Å². The van der Waals surface area contributed by atoms with Gasteiger partial charge in [-0.25, -0.2) is 9.18 Å². The Morgan fingerprint density at radius 1 is 1.07 bits per heavy atom. The molecule has 0 unspecified atom stereocenters. The maximum atomic E-state index is 13.8. The Morgan fingerprint density at radius 3 is 2.36 bits per heavy atom. The first-order valence-corrected chi connectivity index (χ1v) is 8.18. The molecule has 152 valence electrons. The summed E-state index contributed by atoms with van der Waals surface area (Å²) >= 11 is 0. The van der Waals surface area contributed by atoms with E-state index in [4.69, 9.17) is 14.2 Å². The number of alkyl halides is 3. The third-order valence-electron chi connectivity index (χ3n) is 3.69. The van der Waals surface area contributed by atoms with Gasteiger partial charge in [-0.15, -0.1) is 0 Å². The van der Waals surface area contributed by atoms with Crippen LogP contribution in [0.3, 0.4) is 0 Å². The number of ether oxygens (including phenoxy) is 4. The van der Waals surface area contributed by atoms with Crippen LogP contribution in [0, 0.1) is 12.7 Å². The number of benzene rings is 2. The SMILES string of the molecule is CCOc1cccc(OC(=O)OC)c1COc1cc(F)c(C)cc1C(F)(F)F. The van der Waals surface area contributed by atoms with Crippen LogP contribution in [-0.4, -0.2) is 19.9 Å². The second-order valence-electron chi connectivity index (χ2n) is 5.61. The van der Waals surface area contributed by atoms with Gasteiger partial charge < -0.3 is 18.9 Å². The van der Waals surface area contributed by atoms with E-state index >= 15 is 0 Å². The fraction of sp³-hybridized carbons (Fsp3) is 0.316. The molecule has 2 rings (SSSR count). The highest BCUT2D eigenvalue weighted by molar-refractivity contribution is 5.65. The minimum absolute atomic E-state index is 0.0149. The molecule has 0 saturated carbocycles. The van der Waals surface area contributed by atoms with Crippen LogP contribution in [0.25, 0.3) is 0 Å². The molecule has 0 aliphatic heterocycles. The van der Waals surface area contributed by atoms with E-state index in [-0.39, 0.29) is 29.2 Å². The van der Waals surface area contributed by atoms with Gasteiger partial charge in [-0.3, -0.25) is 0 Å². The van der Waals surface area contributed by atoms with E-state index in [1.165, 1.54) is 25.1 Å². The van der Waals surface area contributed by atoms with Crippen LogP contribution in [0.5, 0.6) is 17.2 Å². The molecule has 0 radical (unpaired) electrons. The third kappa shape index (κ3) is 5.05. The molecule has 0 atom stereocenters.